The predicted molar refractivity (Wildman–Crippen MR) is 133 cm³/mol. The zero-order valence-corrected chi connectivity index (χ0v) is 18.5. The molecule has 0 bridgehead atoms. The number of nitrogens with zero attached hydrogens (tertiary/aromatic N) is 2. The van der Waals surface area contributed by atoms with Crippen LogP contribution in [0.5, 0.6) is 0 Å². The Bertz CT molecular complexity index is 1600. The first-order valence-corrected chi connectivity index (χ1v) is 11.2. The summed E-state index contributed by atoms with van der Waals surface area (Å²) in [6.07, 6.45) is 2.60. The Morgan fingerprint density at radius 3 is 2.24 bits per heavy atom. The maximum atomic E-state index is 13.0. The summed E-state index contributed by atoms with van der Waals surface area (Å²) in [4.78, 5) is 41.9. The molecule has 0 unspecified atom stereocenters. The van der Waals surface area contributed by atoms with Crippen LogP contribution in [0.4, 0.5) is 0 Å². The number of benzene rings is 3. The van der Waals surface area contributed by atoms with E-state index in [4.69, 9.17) is 0 Å². The number of carbonyl (C=O) groups is 1. The fourth-order valence-electron chi connectivity index (χ4n) is 4.32. The van der Waals surface area contributed by atoms with E-state index < -0.39 is 11.1 Å². The average Bonchev–Trinajstić information content (AvgIpc) is 3.28. The summed E-state index contributed by atoms with van der Waals surface area (Å²) < 4.78 is 2.73. The summed E-state index contributed by atoms with van der Waals surface area (Å²) in [5.74, 6) is -0.313. The predicted octanol–water partition coefficient (Wildman–Crippen LogP) is 3.05. The first-order valence-electron chi connectivity index (χ1n) is 11.2. The Balaban J connectivity index is 1.36. The van der Waals surface area contributed by atoms with Crippen LogP contribution in [0.2, 0.25) is 0 Å². The molecule has 5 aromatic rings. The molecular weight excluding hydrogens is 428 g/mol. The fourth-order valence-corrected chi connectivity index (χ4v) is 4.32. The van der Waals surface area contributed by atoms with Gasteiger partial charge in [0.05, 0.1) is 17.6 Å². The normalized spacial score (nSPS) is 11.2. The Morgan fingerprint density at radius 2 is 1.44 bits per heavy atom. The SMILES string of the molecule is O=C(Cn1c(=O)c(=O)n(Cc2ccccc2)c2ccccc21)NCCc1c[nH]c2ccccc12. The van der Waals surface area contributed by atoms with Crippen molar-refractivity contribution in [2.45, 2.75) is 19.5 Å². The minimum atomic E-state index is -0.707. The van der Waals surface area contributed by atoms with E-state index in [0.29, 0.717) is 24.0 Å². The van der Waals surface area contributed by atoms with Gasteiger partial charge in [0, 0.05) is 23.6 Å². The highest BCUT2D eigenvalue weighted by molar-refractivity contribution is 5.83. The molecule has 5 rings (SSSR count). The highest BCUT2D eigenvalue weighted by Crippen LogP contribution is 2.17. The van der Waals surface area contributed by atoms with Crippen molar-refractivity contribution >= 4 is 27.8 Å². The number of aromatic amines is 1. The van der Waals surface area contributed by atoms with Gasteiger partial charge in [0.2, 0.25) is 5.91 Å². The quantitative estimate of drug-likeness (QED) is 0.372. The van der Waals surface area contributed by atoms with E-state index >= 15 is 0 Å². The van der Waals surface area contributed by atoms with Gasteiger partial charge in [-0.1, -0.05) is 60.7 Å². The number of nitrogens with one attached hydrogen (secondary N) is 2. The van der Waals surface area contributed by atoms with Crippen molar-refractivity contribution in [2.75, 3.05) is 6.54 Å². The van der Waals surface area contributed by atoms with Crippen LogP contribution < -0.4 is 16.4 Å². The number of aromatic nitrogens is 3. The van der Waals surface area contributed by atoms with Crippen molar-refractivity contribution in [2.24, 2.45) is 0 Å². The largest absolute Gasteiger partial charge is 0.361 e. The highest BCUT2D eigenvalue weighted by atomic mass is 16.2. The zero-order chi connectivity index (χ0) is 23.5. The van der Waals surface area contributed by atoms with Gasteiger partial charge in [-0.3, -0.25) is 23.5 Å². The summed E-state index contributed by atoms with van der Waals surface area (Å²) in [5, 5.41) is 4.00. The molecule has 34 heavy (non-hydrogen) atoms. The van der Waals surface area contributed by atoms with Gasteiger partial charge in [-0.15, -0.1) is 0 Å². The molecule has 2 heterocycles. The minimum absolute atomic E-state index is 0.214. The van der Waals surface area contributed by atoms with Crippen LogP contribution in [0.15, 0.2) is 94.6 Å². The number of carbonyl (C=O) groups excluding carboxylic acids is 1. The number of para-hydroxylation sites is 3. The second-order valence-corrected chi connectivity index (χ2v) is 8.22. The van der Waals surface area contributed by atoms with Crippen molar-refractivity contribution in [1.29, 1.82) is 0 Å². The highest BCUT2D eigenvalue weighted by Gasteiger charge is 2.15. The maximum absolute atomic E-state index is 13.0. The van der Waals surface area contributed by atoms with E-state index in [0.717, 1.165) is 22.0 Å². The molecule has 170 valence electrons. The van der Waals surface area contributed by atoms with Gasteiger partial charge in [-0.05, 0) is 35.7 Å². The molecule has 0 saturated heterocycles. The standard InChI is InChI=1S/C27H24N4O3/c32-25(28-15-14-20-16-29-22-11-5-4-10-21(20)22)18-31-24-13-7-6-12-23(24)30(26(33)27(31)34)17-19-8-2-1-3-9-19/h1-13,16,29H,14-15,17-18H2,(H,28,32). The molecule has 0 aliphatic heterocycles. The lowest BCUT2D eigenvalue weighted by molar-refractivity contribution is -0.121. The number of hydrogen-bond donors (Lipinski definition) is 2. The summed E-state index contributed by atoms with van der Waals surface area (Å²) in [5.41, 5.74) is 2.90. The van der Waals surface area contributed by atoms with Crippen molar-refractivity contribution in [1.82, 2.24) is 19.4 Å². The molecule has 7 heteroatoms. The van der Waals surface area contributed by atoms with E-state index in [1.54, 1.807) is 18.2 Å². The third-order valence-electron chi connectivity index (χ3n) is 6.01. The van der Waals surface area contributed by atoms with Gasteiger partial charge >= 0.3 is 11.1 Å². The van der Waals surface area contributed by atoms with Crippen LogP contribution in [-0.2, 0) is 24.3 Å². The van der Waals surface area contributed by atoms with Gasteiger partial charge in [-0.25, -0.2) is 0 Å². The molecular formula is C27H24N4O3. The Morgan fingerprint density at radius 1 is 0.794 bits per heavy atom. The molecule has 0 atom stereocenters. The third-order valence-corrected chi connectivity index (χ3v) is 6.01. The Hall–Kier alpha value is -4.39. The van der Waals surface area contributed by atoms with E-state index in [2.05, 4.69) is 10.3 Å². The number of rotatable bonds is 7. The van der Waals surface area contributed by atoms with Crippen LogP contribution in [-0.4, -0.2) is 26.6 Å². The summed E-state index contributed by atoms with van der Waals surface area (Å²) in [6, 6.07) is 24.7. The fraction of sp³-hybridized carbons (Fsp3) is 0.148. The first kappa shape index (κ1) is 21.5. The molecule has 3 aromatic carbocycles. The molecule has 0 spiro atoms. The molecule has 0 aliphatic carbocycles. The van der Waals surface area contributed by atoms with Crippen LogP contribution in [0.3, 0.4) is 0 Å². The lowest BCUT2D eigenvalue weighted by Crippen LogP contribution is -2.44. The van der Waals surface area contributed by atoms with Crippen molar-refractivity contribution < 1.29 is 4.79 Å². The lowest BCUT2D eigenvalue weighted by atomic mass is 10.1. The van der Waals surface area contributed by atoms with Gasteiger partial charge in [-0.2, -0.15) is 0 Å². The number of hydrogen-bond acceptors (Lipinski definition) is 3. The summed E-state index contributed by atoms with van der Waals surface area (Å²) >= 11 is 0. The molecule has 1 amide bonds. The van der Waals surface area contributed by atoms with E-state index in [1.165, 1.54) is 9.13 Å². The maximum Gasteiger partial charge on any atom is 0.317 e. The summed E-state index contributed by atoms with van der Waals surface area (Å²) in [6.45, 7) is 0.500. The molecule has 0 fully saturated rings. The van der Waals surface area contributed by atoms with Gasteiger partial charge in [0.15, 0.2) is 0 Å². The minimum Gasteiger partial charge on any atom is -0.361 e. The molecule has 7 nitrogen and oxygen atoms in total. The number of H-pyrrole nitrogens is 1. The van der Waals surface area contributed by atoms with Crippen molar-refractivity contribution in [3.63, 3.8) is 0 Å². The Kier molecular flexibility index (Phi) is 5.82. The molecule has 0 aliphatic rings. The Labute approximate surface area is 195 Å². The lowest BCUT2D eigenvalue weighted by Gasteiger charge is -2.15. The number of amides is 1. The van der Waals surface area contributed by atoms with Gasteiger partial charge in [0.1, 0.15) is 6.54 Å². The third kappa shape index (κ3) is 4.15. The van der Waals surface area contributed by atoms with Gasteiger partial charge < -0.3 is 10.3 Å². The van der Waals surface area contributed by atoms with Crippen molar-refractivity contribution in [3.05, 3.63) is 117 Å². The van der Waals surface area contributed by atoms with E-state index in [1.807, 2.05) is 66.9 Å². The first-order chi connectivity index (χ1) is 16.6. The second-order valence-electron chi connectivity index (χ2n) is 8.22. The topological polar surface area (TPSA) is 88.9 Å². The van der Waals surface area contributed by atoms with Crippen LogP contribution in [0.25, 0.3) is 21.9 Å². The second kappa shape index (κ2) is 9.23. The molecule has 2 N–H and O–H groups in total. The average molecular weight is 453 g/mol. The number of fused-ring (bicyclic) bond motifs is 2. The van der Waals surface area contributed by atoms with Gasteiger partial charge in [0.25, 0.3) is 0 Å². The van der Waals surface area contributed by atoms with E-state index in [9.17, 15) is 14.4 Å². The smallest absolute Gasteiger partial charge is 0.317 e. The van der Waals surface area contributed by atoms with Crippen molar-refractivity contribution in [3.8, 4) is 0 Å². The van der Waals surface area contributed by atoms with Crippen LogP contribution in [0.1, 0.15) is 11.1 Å². The monoisotopic (exact) mass is 452 g/mol. The molecule has 2 aromatic heterocycles. The summed E-state index contributed by atoms with van der Waals surface area (Å²) in [7, 11) is 0. The van der Waals surface area contributed by atoms with Crippen LogP contribution >= 0.6 is 0 Å². The van der Waals surface area contributed by atoms with E-state index in [-0.39, 0.29) is 19.0 Å². The zero-order valence-electron chi connectivity index (χ0n) is 18.5. The molecule has 0 radical (unpaired) electrons. The molecule has 0 saturated carbocycles. The van der Waals surface area contributed by atoms with Crippen LogP contribution in [0, 0.1) is 0 Å².